The van der Waals surface area contributed by atoms with Gasteiger partial charge in [0.2, 0.25) is 0 Å². The quantitative estimate of drug-likeness (QED) is 0.664. The minimum absolute atomic E-state index is 0.105. The highest BCUT2D eigenvalue weighted by atomic mass is 19.4. The molecule has 1 aromatic heterocycles. The molecule has 0 amide bonds. The van der Waals surface area contributed by atoms with Gasteiger partial charge in [0.15, 0.2) is 0 Å². The summed E-state index contributed by atoms with van der Waals surface area (Å²) in [6.07, 6.45) is -4.49. The molecule has 0 radical (unpaired) electrons. The summed E-state index contributed by atoms with van der Waals surface area (Å²) in [7, 11) is 0. The summed E-state index contributed by atoms with van der Waals surface area (Å²) in [6, 6.07) is 15.6. The summed E-state index contributed by atoms with van der Waals surface area (Å²) in [5.74, 6) is 0.926. The van der Waals surface area contributed by atoms with Gasteiger partial charge in [-0.1, -0.05) is 24.3 Å². The van der Waals surface area contributed by atoms with Gasteiger partial charge in [0, 0.05) is 6.07 Å². The van der Waals surface area contributed by atoms with Crippen LogP contribution in [0.4, 0.5) is 36.2 Å². The molecular weight excluding hydrogens is 355 g/mol. The lowest BCUT2D eigenvalue weighted by molar-refractivity contribution is -0.136. The fourth-order valence-electron chi connectivity index (χ4n) is 2.50. The molecule has 0 saturated carbocycles. The number of nitriles is 1. The lowest BCUT2D eigenvalue weighted by Crippen LogP contribution is -2.09. The standard InChI is InChI=1S/C19H14F3N5/c1-12-24-17(26-15-8-4-2-6-13(15)11-23)10-18(25-12)27-16-9-5-3-7-14(16)19(20,21)22/h2-10H,1H3,(H2,24,25,26,27). The van der Waals surface area contributed by atoms with Gasteiger partial charge in [-0.3, -0.25) is 0 Å². The van der Waals surface area contributed by atoms with Crippen LogP contribution in [-0.4, -0.2) is 9.97 Å². The molecule has 0 atom stereocenters. The van der Waals surface area contributed by atoms with Crippen molar-refractivity contribution in [2.75, 3.05) is 10.6 Å². The molecule has 27 heavy (non-hydrogen) atoms. The summed E-state index contributed by atoms with van der Waals surface area (Å²) in [6.45, 7) is 1.63. The van der Waals surface area contributed by atoms with Crippen LogP contribution >= 0.6 is 0 Å². The molecule has 3 rings (SSSR count). The topological polar surface area (TPSA) is 73.6 Å². The van der Waals surface area contributed by atoms with Crippen LogP contribution in [0.25, 0.3) is 0 Å². The lowest BCUT2D eigenvalue weighted by Gasteiger charge is -2.15. The van der Waals surface area contributed by atoms with E-state index in [9.17, 15) is 13.2 Å². The van der Waals surface area contributed by atoms with Crippen LogP contribution in [0.1, 0.15) is 17.0 Å². The molecule has 136 valence electrons. The number of rotatable bonds is 4. The first-order chi connectivity index (χ1) is 12.9. The van der Waals surface area contributed by atoms with E-state index in [-0.39, 0.29) is 11.5 Å². The van der Waals surface area contributed by atoms with E-state index in [1.807, 2.05) is 0 Å². The summed E-state index contributed by atoms with van der Waals surface area (Å²) in [5.41, 5.74) is 0.0718. The van der Waals surface area contributed by atoms with Crippen LogP contribution in [0, 0.1) is 18.3 Å². The fraction of sp³-hybridized carbons (Fsp3) is 0.105. The van der Waals surface area contributed by atoms with Crippen molar-refractivity contribution in [2.45, 2.75) is 13.1 Å². The van der Waals surface area contributed by atoms with Crippen molar-refractivity contribution in [3.8, 4) is 6.07 Å². The van der Waals surface area contributed by atoms with E-state index in [4.69, 9.17) is 5.26 Å². The first-order valence-electron chi connectivity index (χ1n) is 7.92. The average Bonchev–Trinajstić information content (AvgIpc) is 2.61. The molecule has 1 heterocycles. The summed E-state index contributed by atoms with van der Waals surface area (Å²) in [5, 5.41) is 14.9. The van der Waals surface area contributed by atoms with Crippen molar-refractivity contribution in [1.29, 1.82) is 5.26 Å². The Morgan fingerprint density at radius 1 is 0.889 bits per heavy atom. The highest BCUT2D eigenvalue weighted by molar-refractivity contribution is 5.68. The van der Waals surface area contributed by atoms with Crippen LogP contribution in [0.2, 0.25) is 0 Å². The molecule has 0 aliphatic rings. The molecule has 8 heteroatoms. The van der Waals surface area contributed by atoms with E-state index >= 15 is 0 Å². The molecule has 0 bridgehead atoms. The molecule has 0 aliphatic carbocycles. The van der Waals surface area contributed by atoms with E-state index in [2.05, 4.69) is 26.7 Å². The summed E-state index contributed by atoms with van der Waals surface area (Å²) >= 11 is 0. The molecule has 2 N–H and O–H groups in total. The second-order valence-corrected chi connectivity index (χ2v) is 5.64. The Kier molecular flexibility index (Phi) is 4.94. The summed E-state index contributed by atoms with van der Waals surface area (Å²) < 4.78 is 39.5. The SMILES string of the molecule is Cc1nc(Nc2ccccc2C#N)cc(Nc2ccccc2C(F)(F)F)n1. The van der Waals surface area contributed by atoms with Crippen molar-refractivity contribution in [2.24, 2.45) is 0 Å². The fourth-order valence-corrected chi connectivity index (χ4v) is 2.50. The first kappa shape index (κ1) is 18.2. The third kappa shape index (κ3) is 4.33. The second-order valence-electron chi connectivity index (χ2n) is 5.64. The zero-order chi connectivity index (χ0) is 19.4. The number of aromatic nitrogens is 2. The number of benzene rings is 2. The number of anilines is 4. The Morgan fingerprint density at radius 2 is 1.44 bits per heavy atom. The molecular formula is C19H14F3N5. The monoisotopic (exact) mass is 369 g/mol. The molecule has 5 nitrogen and oxygen atoms in total. The normalized spacial score (nSPS) is 10.9. The number of hydrogen-bond acceptors (Lipinski definition) is 5. The predicted octanol–water partition coefficient (Wildman–Crippen LogP) is 5.16. The third-order valence-electron chi connectivity index (χ3n) is 3.64. The maximum absolute atomic E-state index is 13.2. The van der Waals surface area contributed by atoms with E-state index in [1.54, 1.807) is 31.2 Å². The third-order valence-corrected chi connectivity index (χ3v) is 3.64. The zero-order valence-electron chi connectivity index (χ0n) is 14.2. The highest BCUT2D eigenvalue weighted by Gasteiger charge is 2.33. The maximum atomic E-state index is 13.2. The van der Waals surface area contributed by atoms with Gasteiger partial charge in [0.1, 0.15) is 23.5 Å². The van der Waals surface area contributed by atoms with Gasteiger partial charge in [0.25, 0.3) is 0 Å². The van der Waals surface area contributed by atoms with Crippen LogP contribution in [0.5, 0.6) is 0 Å². The largest absolute Gasteiger partial charge is 0.418 e. The zero-order valence-corrected chi connectivity index (χ0v) is 14.2. The van der Waals surface area contributed by atoms with E-state index < -0.39 is 11.7 Å². The molecule has 0 saturated heterocycles. The average molecular weight is 369 g/mol. The minimum atomic E-state index is -4.49. The minimum Gasteiger partial charge on any atom is -0.340 e. The van der Waals surface area contributed by atoms with Crippen molar-refractivity contribution < 1.29 is 13.2 Å². The van der Waals surface area contributed by atoms with Crippen LogP contribution in [-0.2, 0) is 6.18 Å². The lowest BCUT2D eigenvalue weighted by atomic mass is 10.1. The van der Waals surface area contributed by atoms with Gasteiger partial charge >= 0.3 is 6.18 Å². The first-order valence-corrected chi connectivity index (χ1v) is 7.92. The van der Waals surface area contributed by atoms with E-state index in [0.717, 1.165) is 6.07 Å². The number of halogens is 3. The van der Waals surface area contributed by atoms with Gasteiger partial charge in [-0.15, -0.1) is 0 Å². The Balaban J connectivity index is 1.92. The number of aryl methyl sites for hydroxylation is 1. The Hall–Kier alpha value is -3.60. The van der Waals surface area contributed by atoms with Crippen molar-refractivity contribution in [1.82, 2.24) is 9.97 Å². The van der Waals surface area contributed by atoms with Crippen molar-refractivity contribution in [3.63, 3.8) is 0 Å². The molecule has 0 unspecified atom stereocenters. The van der Waals surface area contributed by atoms with Gasteiger partial charge in [0.05, 0.1) is 22.5 Å². The van der Waals surface area contributed by atoms with Gasteiger partial charge in [-0.05, 0) is 31.2 Å². The number of hydrogen-bond donors (Lipinski definition) is 2. The van der Waals surface area contributed by atoms with Crippen LogP contribution in [0.3, 0.4) is 0 Å². The van der Waals surface area contributed by atoms with Crippen molar-refractivity contribution >= 4 is 23.0 Å². The van der Waals surface area contributed by atoms with E-state index in [0.29, 0.717) is 22.9 Å². The highest BCUT2D eigenvalue weighted by Crippen LogP contribution is 2.35. The maximum Gasteiger partial charge on any atom is 0.418 e. The van der Waals surface area contributed by atoms with E-state index in [1.165, 1.54) is 24.3 Å². The predicted molar refractivity (Wildman–Crippen MR) is 95.9 cm³/mol. The molecule has 0 fully saturated rings. The number of nitrogens with one attached hydrogen (secondary N) is 2. The second kappa shape index (κ2) is 7.33. The Bertz CT molecular complexity index is 1010. The Labute approximate surface area is 153 Å². The molecule has 0 aliphatic heterocycles. The van der Waals surface area contributed by atoms with Gasteiger partial charge < -0.3 is 10.6 Å². The smallest absolute Gasteiger partial charge is 0.340 e. The van der Waals surface area contributed by atoms with Crippen LogP contribution in [0.15, 0.2) is 54.6 Å². The van der Waals surface area contributed by atoms with Gasteiger partial charge in [-0.25, -0.2) is 9.97 Å². The number of alkyl halides is 3. The molecule has 3 aromatic rings. The van der Waals surface area contributed by atoms with Crippen LogP contribution < -0.4 is 10.6 Å². The molecule has 0 spiro atoms. The van der Waals surface area contributed by atoms with Crippen molar-refractivity contribution in [3.05, 3.63) is 71.5 Å². The number of para-hydroxylation sites is 2. The summed E-state index contributed by atoms with van der Waals surface area (Å²) in [4.78, 5) is 8.37. The number of nitrogens with zero attached hydrogens (tertiary/aromatic N) is 3. The molecule has 2 aromatic carbocycles. The Morgan fingerprint density at radius 3 is 2.07 bits per heavy atom. The van der Waals surface area contributed by atoms with Gasteiger partial charge in [-0.2, -0.15) is 18.4 Å².